The van der Waals surface area contributed by atoms with E-state index in [4.69, 9.17) is 0 Å². The van der Waals surface area contributed by atoms with E-state index < -0.39 is 4.92 Å². The lowest BCUT2D eigenvalue weighted by Crippen LogP contribution is -2.07. The molecule has 0 saturated heterocycles. The molecule has 2 rings (SSSR count). The molecular weight excluding hydrogens is 383 g/mol. The van der Waals surface area contributed by atoms with E-state index in [2.05, 4.69) is 44.8 Å². The minimum Gasteiger partial charge on any atom is -0.369 e. The van der Waals surface area contributed by atoms with E-state index in [1.807, 2.05) is 6.92 Å². The van der Waals surface area contributed by atoms with Gasteiger partial charge in [0, 0.05) is 24.2 Å². The van der Waals surface area contributed by atoms with Gasteiger partial charge in [0.1, 0.15) is 5.82 Å². The molecule has 21 heavy (non-hydrogen) atoms. The number of nitro benzene ring substituents is 1. The van der Waals surface area contributed by atoms with Gasteiger partial charge < -0.3 is 5.32 Å². The number of halogens is 1. The van der Waals surface area contributed by atoms with Gasteiger partial charge in [-0.2, -0.15) is 0 Å². The zero-order valence-electron chi connectivity index (χ0n) is 11.8. The number of aromatic nitrogens is 2. The molecule has 1 N–H and O–H groups in total. The standard InChI is InChI=1S/C14H15IN4O2/c1-3-8-16-14-12(15)9(2)17-13(18-14)10-4-6-11(7-5-10)19(20)21/h4-7H,3,8H2,1-2H3,(H,16,17,18). The molecule has 2 aromatic rings. The Hall–Kier alpha value is -1.77. The summed E-state index contributed by atoms with van der Waals surface area (Å²) in [4.78, 5) is 19.2. The Morgan fingerprint density at radius 2 is 1.95 bits per heavy atom. The predicted octanol–water partition coefficient (Wildman–Crippen LogP) is 3.79. The molecule has 0 radical (unpaired) electrons. The van der Waals surface area contributed by atoms with E-state index in [-0.39, 0.29) is 5.69 Å². The highest BCUT2D eigenvalue weighted by Crippen LogP contribution is 2.25. The quantitative estimate of drug-likeness (QED) is 0.471. The lowest BCUT2D eigenvalue weighted by Gasteiger charge is -2.10. The van der Waals surface area contributed by atoms with Crippen molar-refractivity contribution in [3.05, 3.63) is 43.6 Å². The van der Waals surface area contributed by atoms with Gasteiger partial charge in [0.2, 0.25) is 0 Å². The Kier molecular flexibility index (Phi) is 5.05. The molecule has 6 nitrogen and oxygen atoms in total. The highest BCUT2D eigenvalue weighted by molar-refractivity contribution is 14.1. The first-order chi connectivity index (χ1) is 10.0. The number of rotatable bonds is 5. The molecule has 0 fully saturated rings. The van der Waals surface area contributed by atoms with Crippen LogP contribution < -0.4 is 5.32 Å². The maximum absolute atomic E-state index is 10.7. The van der Waals surface area contributed by atoms with Crippen molar-refractivity contribution >= 4 is 34.1 Å². The van der Waals surface area contributed by atoms with E-state index in [9.17, 15) is 10.1 Å². The van der Waals surface area contributed by atoms with Gasteiger partial charge in [0.05, 0.1) is 14.2 Å². The summed E-state index contributed by atoms with van der Waals surface area (Å²) in [5.41, 5.74) is 1.71. The molecule has 1 heterocycles. The predicted molar refractivity (Wildman–Crippen MR) is 90.4 cm³/mol. The van der Waals surface area contributed by atoms with E-state index in [1.54, 1.807) is 12.1 Å². The number of hydrogen-bond donors (Lipinski definition) is 1. The fourth-order valence-electron chi connectivity index (χ4n) is 1.78. The minimum absolute atomic E-state index is 0.0605. The maximum Gasteiger partial charge on any atom is 0.269 e. The first kappa shape index (κ1) is 15.6. The van der Waals surface area contributed by atoms with E-state index in [0.29, 0.717) is 5.82 Å². The average molecular weight is 398 g/mol. The van der Waals surface area contributed by atoms with Crippen LogP contribution in [0.4, 0.5) is 11.5 Å². The first-order valence-corrected chi connectivity index (χ1v) is 7.63. The van der Waals surface area contributed by atoms with Crippen LogP contribution in [-0.2, 0) is 0 Å². The van der Waals surface area contributed by atoms with Crippen LogP contribution >= 0.6 is 22.6 Å². The molecule has 0 atom stereocenters. The Morgan fingerprint density at radius 1 is 1.29 bits per heavy atom. The van der Waals surface area contributed by atoms with Crippen molar-refractivity contribution in [2.45, 2.75) is 20.3 Å². The van der Waals surface area contributed by atoms with Crippen molar-refractivity contribution in [1.82, 2.24) is 9.97 Å². The van der Waals surface area contributed by atoms with Crippen molar-refractivity contribution < 1.29 is 4.92 Å². The summed E-state index contributed by atoms with van der Waals surface area (Å²) in [5, 5.41) is 14.0. The van der Waals surface area contributed by atoms with Gasteiger partial charge in [-0.05, 0) is 48.1 Å². The summed E-state index contributed by atoms with van der Waals surface area (Å²) in [7, 11) is 0. The lowest BCUT2D eigenvalue weighted by atomic mass is 10.2. The van der Waals surface area contributed by atoms with Crippen LogP contribution in [0.1, 0.15) is 19.0 Å². The smallest absolute Gasteiger partial charge is 0.269 e. The monoisotopic (exact) mass is 398 g/mol. The number of nitrogens with one attached hydrogen (secondary N) is 1. The summed E-state index contributed by atoms with van der Waals surface area (Å²) < 4.78 is 0.992. The molecule has 0 aliphatic carbocycles. The number of benzene rings is 1. The van der Waals surface area contributed by atoms with Gasteiger partial charge in [0.25, 0.3) is 5.69 Å². The summed E-state index contributed by atoms with van der Waals surface area (Å²) in [6, 6.07) is 6.27. The fourth-order valence-corrected chi connectivity index (χ4v) is 2.21. The van der Waals surface area contributed by atoms with Gasteiger partial charge >= 0.3 is 0 Å². The molecule has 0 aliphatic rings. The zero-order valence-corrected chi connectivity index (χ0v) is 13.9. The van der Waals surface area contributed by atoms with Crippen LogP contribution in [0.2, 0.25) is 0 Å². The number of aryl methyl sites for hydroxylation is 1. The second kappa shape index (κ2) is 6.79. The van der Waals surface area contributed by atoms with E-state index in [1.165, 1.54) is 12.1 Å². The number of hydrogen-bond acceptors (Lipinski definition) is 5. The number of anilines is 1. The Balaban J connectivity index is 2.39. The average Bonchev–Trinajstić information content (AvgIpc) is 2.48. The maximum atomic E-state index is 10.7. The molecule has 0 saturated carbocycles. The summed E-state index contributed by atoms with van der Waals surface area (Å²) in [6.07, 6.45) is 1.01. The normalized spacial score (nSPS) is 10.4. The molecule has 0 amide bonds. The highest BCUT2D eigenvalue weighted by atomic mass is 127. The largest absolute Gasteiger partial charge is 0.369 e. The number of non-ortho nitro benzene ring substituents is 1. The third-order valence-corrected chi connectivity index (χ3v) is 4.19. The van der Waals surface area contributed by atoms with E-state index >= 15 is 0 Å². The first-order valence-electron chi connectivity index (χ1n) is 6.55. The molecule has 110 valence electrons. The van der Waals surface area contributed by atoms with Crippen molar-refractivity contribution in [2.75, 3.05) is 11.9 Å². The molecule has 1 aromatic heterocycles. The van der Waals surface area contributed by atoms with Crippen molar-refractivity contribution in [3.63, 3.8) is 0 Å². The molecule has 0 aliphatic heterocycles. The van der Waals surface area contributed by atoms with Crippen LogP contribution in [0.15, 0.2) is 24.3 Å². The van der Waals surface area contributed by atoms with E-state index in [0.717, 1.165) is 33.6 Å². The number of nitro groups is 1. The molecule has 1 aromatic carbocycles. The second-order valence-electron chi connectivity index (χ2n) is 4.53. The topological polar surface area (TPSA) is 81.0 Å². The van der Waals surface area contributed by atoms with Crippen LogP contribution in [0.25, 0.3) is 11.4 Å². The van der Waals surface area contributed by atoms with Crippen LogP contribution in [0, 0.1) is 20.6 Å². The zero-order chi connectivity index (χ0) is 15.4. The Bertz CT molecular complexity index is 659. The van der Waals surface area contributed by atoms with Crippen molar-refractivity contribution in [2.24, 2.45) is 0 Å². The van der Waals surface area contributed by atoms with Gasteiger partial charge in [-0.3, -0.25) is 10.1 Å². The lowest BCUT2D eigenvalue weighted by molar-refractivity contribution is -0.384. The third-order valence-electron chi connectivity index (χ3n) is 2.90. The highest BCUT2D eigenvalue weighted by Gasteiger charge is 2.12. The summed E-state index contributed by atoms with van der Waals surface area (Å²) in [5.74, 6) is 1.37. The summed E-state index contributed by atoms with van der Waals surface area (Å²) in [6.45, 7) is 4.85. The fraction of sp³-hybridized carbons (Fsp3) is 0.286. The SMILES string of the molecule is CCCNc1nc(-c2ccc([N+](=O)[O-])cc2)nc(C)c1I. The third kappa shape index (κ3) is 3.66. The molecule has 7 heteroatoms. The van der Waals surface area contributed by atoms with Crippen molar-refractivity contribution in [1.29, 1.82) is 0 Å². The Labute approximate surface area is 136 Å². The van der Waals surface area contributed by atoms with Crippen molar-refractivity contribution in [3.8, 4) is 11.4 Å². The number of nitrogens with zero attached hydrogens (tertiary/aromatic N) is 3. The molecule has 0 spiro atoms. The van der Waals surface area contributed by atoms with Crippen LogP contribution in [0.3, 0.4) is 0 Å². The molecule has 0 unspecified atom stereocenters. The van der Waals surface area contributed by atoms with Gasteiger partial charge in [0.15, 0.2) is 5.82 Å². The van der Waals surface area contributed by atoms with Gasteiger partial charge in [-0.1, -0.05) is 6.92 Å². The Morgan fingerprint density at radius 3 is 2.52 bits per heavy atom. The van der Waals surface area contributed by atoms with Gasteiger partial charge in [-0.25, -0.2) is 9.97 Å². The molecular formula is C14H15IN4O2. The van der Waals surface area contributed by atoms with Gasteiger partial charge in [-0.15, -0.1) is 0 Å². The van der Waals surface area contributed by atoms with Crippen LogP contribution in [0.5, 0.6) is 0 Å². The minimum atomic E-state index is -0.419. The molecule has 0 bridgehead atoms. The van der Waals surface area contributed by atoms with Crippen LogP contribution in [-0.4, -0.2) is 21.4 Å². The summed E-state index contributed by atoms with van der Waals surface area (Å²) >= 11 is 2.22. The second-order valence-corrected chi connectivity index (χ2v) is 5.60.